The fourth-order valence-corrected chi connectivity index (χ4v) is 2.48. The molecule has 0 aromatic heterocycles. The molecule has 0 aromatic rings. The van der Waals surface area contributed by atoms with E-state index in [2.05, 4.69) is 13.8 Å². The highest BCUT2D eigenvalue weighted by Crippen LogP contribution is 2.23. The highest BCUT2D eigenvalue weighted by molar-refractivity contribution is 5.76. The Hall–Kier alpha value is -0.570. The maximum atomic E-state index is 11.9. The number of aliphatic hydroxyl groups is 1. The fourth-order valence-electron chi connectivity index (χ4n) is 2.48. The van der Waals surface area contributed by atoms with Crippen molar-refractivity contribution in [2.45, 2.75) is 58.4 Å². The Kier molecular flexibility index (Phi) is 5.81. The van der Waals surface area contributed by atoms with Gasteiger partial charge < -0.3 is 10.0 Å². The van der Waals surface area contributed by atoms with Gasteiger partial charge in [-0.3, -0.25) is 4.79 Å². The third-order valence-electron chi connectivity index (χ3n) is 3.40. The van der Waals surface area contributed by atoms with Crippen molar-refractivity contribution in [2.75, 3.05) is 13.2 Å². The van der Waals surface area contributed by atoms with Crippen LogP contribution in [0.4, 0.5) is 0 Å². The van der Waals surface area contributed by atoms with E-state index in [9.17, 15) is 9.90 Å². The van der Waals surface area contributed by atoms with Gasteiger partial charge in [-0.2, -0.15) is 0 Å². The Morgan fingerprint density at radius 2 is 2.12 bits per heavy atom. The molecule has 1 saturated heterocycles. The molecule has 0 aromatic carbocycles. The summed E-state index contributed by atoms with van der Waals surface area (Å²) in [4.78, 5) is 13.8. The van der Waals surface area contributed by atoms with E-state index in [1.807, 2.05) is 4.90 Å². The lowest BCUT2D eigenvalue weighted by atomic mass is 10.1. The molecule has 0 unspecified atom stereocenters. The summed E-state index contributed by atoms with van der Waals surface area (Å²) in [5, 5.41) is 9.22. The van der Waals surface area contributed by atoms with E-state index < -0.39 is 0 Å². The van der Waals surface area contributed by atoms with Crippen LogP contribution >= 0.6 is 0 Å². The summed E-state index contributed by atoms with van der Waals surface area (Å²) in [7, 11) is 0. The van der Waals surface area contributed by atoms with Gasteiger partial charge in [0.15, 0.2) is 0 Å². The molecule has 1 rings (SSSR count). The largest absolute Gasteiger partial charge is 0.394 e. The van der Waals surface area contributed by atoms with Crippen LogP contribution < -0.4 is 0 Å². The van der Waals surface area contributed by atoms with Gasteiger partial charge in [-0.15, -0.1) is 0 Å². The van der Waals surface area contributed by atoms with Crippen LogP contribution in [0, 0.1) is 5.92 Å². The number of carbonyl (C=O) groups is 1. The highest BCUT2D eigenvalue weighted by atomic mass is 16.3. The van der Waals surface area contributed by atoms with Crippen LogP contribution in [0.15, 0.2) is 0 Å². The Morgan fingerprint density at radius 3 is 2.75 bits per heavy atom. The zero-order valence-electron chi connectivity index (χ0n) is 10.6. The number of unbranched alkanes of at least 4 members (excludes halogenated alkanes) is 3. The molecule has 0 bridgehead atoms. The summed E-state index contributed by atoms with van der Waals surface area (Å²) in [5.74, 6) is 0.774. The standard InChI is InChI=1S/C13H25NO2/c1-3-4-5-6-7-13(16)14-9-11(2)8-12(14)10-15/h11-12,15H,3-10H2,1-2H3/t11-,12+/m1/s1. The Labute approximate surface area is 98.8 Å². The second kappa shape index (κ2) is 6.89. The minimum Gasteiger partial charge on any atom is -0.394 e. The number of nitrogens with zero attached hydrogens (tertiary/aromatic N) is 1. The second-order valence-corrected chi connectivity index (χ2v) is 5.03. The van der Waals surface area contributed by atoms with Crippen molar-refractivity contribution >= 4 is 5.91 Å². The minimum absolute atomic E-state index is 0.0775. The van der Waals surface area contributed by atoms with Crippen LogP contribution in [0.5, 0.6) is 0 Å². The van der Waals surface area contributed by atoms with E-state index in [4.69, 9.17) is 0 Å². The molecule has 2 atom stereocenters. The van der Waals surface area contributed by atoms with Gasteiger partial charge >= 0.3 is 0 Å². The number of likely N-dealkylation sites (tertiary alicyclic amines) is 1. The van der Waals surface area contributed by atoms with Crippen molar-refractivity contribution in [3.8, 4) is 0 Å². The summed E-state index contributed by atoms with van der Waals surface area (Å²) in [6, 6.07) is 0.0775. The normalized spacial score (nSPS) is 25.1. The van der Waals surface area contributed by atoms with Crippen molar-refractivity contribution in [2.24, 2.45) is 5.92 Å². The number of hydrogen-bond donors (Lipinski definition) is 1. The number of amides is 1. The molecule has 16 heavy (non-hydrogen) atoms. The summed E-state index contributed by atoms with van der Waals surface area (Å²) < 4.78 is 0. The lowest BCUT2D eigenvalue weighted by Gasteiger charge is -2.23. The lowest BCUT2D eigenvalue weighted by molar-refractivity contribution is -0.132. The quantitative estimate of drug-likeness (QED) is 0.707. The molecule has 0 radical (unpaired) electrons. The molecule has 0 spiro atoms. The van der Waals surface area contributed by atoms with Gasteiger partial charge in [0.25, 0.3) is 0 Å². The van der Waals surface area contributed by atoms with Crippen molar-refractivity contribution in [1.29, 1.82) is 0 Å². The molecule has 1 heterocycles. The molecule has 0 saturated carbocycles. The first kappa shape index (κ1) is 13.5. The van der Waals surface area contributed by atoms with E-state index in [1.54, 1.807) is 0 Å². The lowest BCUT2D eigenvalue weighted by Crippen LogP contribution is -2.37. The maximum absolute atomic E-state index is 11.9. The molecule has 94 valence electrons. The minimum atomic E-state index is 0.0775. The first-order chi connectivity index (χ1) is 7.69. The molecule has 3 heteroatoms. The molecule has 1 aliphatic rings. The van der Waals surface area contributed by atoms with Crippen molar-refractivity contribution in [3.63, 3.8) is 0 Å². The molecule has 0 aliphatic carbocycles. The smallest absolute Gasteiger partial charge is 0.222 e. The zero-order chi connectivity index (χ0) is 12.0. The van der Waals surface area contributed by atoms with Gasteiger partial charge in [-0.25, -0.2) is 0 Å². The molecular formula is C13H25NO2. The van der Waals surface area contributed by atoms with Gasteiger partial charge in [-0.05, 0) is 18.8 Å². The first-order valence-corrected chi connectivity index (χ1v) is 6.59. The maximum Gasteiger partial charge on any atom is 0.222 e. The first-order valence-electron chi connectivity index (χ1n) is 6.59. The van der Waals surface area contributed by atoms with Gasteiger partial charge in [0.05, 0.1) is 12.6 Å². The number of aliphatic hydroxyl groups excluding tert-OH is 1. The van der Waals surface area contributed by atoms with Crippen LogP contribution in [0.25, 0.3) is 0 Å². The summed E-state index contributed by atoms with van der Waals surface area (Å²) >= 11 is 0. The van der Waals surface area contributed by atoms with Gasteiger partial charge in [0.1, 0.15) is 0 Å². The van der Waals surface area contributed by atoms with Crippen LogP contribution in [0.1, 0.15) is 52.4 Å². The Morgan fingerprint density at radius 1 is 1.38 bits per heavy atom. The zero-order valence-corrected chi connectivity index (χ0v) is 10.6. The van der Waals surface area contributed by atoms with E-state index >= 15 is 0 Å². The van der Waals surface area contributed by atoms with Gasteiger partial charge in [-0.1, -0.05) is 33.1 Å². The predicted octanol–water partition coefficient (Wildman–Crippen LogP) is 2.19. The van der Waals surface area contributed by atoms with Crippen molar-refractivity contribution in [3.05, 3.63) is 0 Å². The third kappa shape index (κ3) is 3.78. The summed E-state index contributed by atoms with van der Waals surface area (Å²) in [6.07, 6.45) is 6.17. The highest BCUT2D eigenvalue weighted by Gasteiger charge is 2.31. The third-order valence-corrected chi connectivity index (χ3v) is 3.40. The SMILES string of the molecule is CCCCCCC(=O)N1C[C@H](C)C[C@H]1CO. The van der Waals surface area contributed by atoms with Crippen LogP contribution in [-0.2, 0) is 4.79 Å². The molecule has 3 nitrogen and oxygen atoms in total. The Balaban J connectivity index is 2.29. The summed E-state index contributed by atoms with van der Waals surface area (Å²) in [6.45, 7) is 5.27. The Bertz CT molecular complexity index is 218. The molecule has 1 aliphatic heterocycles. The van der Waals surface area contributed by atoms with Gasteiger partial charge in [0.2, 0.25) is 5.91 Å². The number of rotatable bonds is 6. The fraction of sp³-hybridized carbons (Fsp3) is 0.923. The molecule has 1 fully saturated rings. The molecule has 1 N–H and O–H groups in total. The van der Waals surface area contributed by atoms with E-state index in [0.717, 1.165) is 25.8 Å². The molecular weight excluding hydrogens is 202 g/mol. The second-order valence-electron chi connectivity index (χ2n) is 5.03. The predicted molar refractivity (Wildman–Crippen MR) is 65.1 cm³/mol. The monoisotopic (exact) mass is 227 g/mol. The number of carbonyl (C=O) groups excluding carboxylic acids is 1. The van der Waals surface area contributed by atoms with Crippen LogP contribution in [0.3, 0.4) is 0 Å². The van der Waals surface area contributed by atoms with Gasteiger partial charge in [0, 0.05) is 13.0 Å². The summed E-state index contributed by atoms with van der Waals surface area (Å²) in [5.41, 5.74) is 0. The topological polar surface area (TPSA) is 40.5 Å². The van der Waals surface area contributed by atoms with Crippen LogP contribution in [0.2, 0.25) is 0 Å². The molecule has 1 amide bonds. The average molecular weight is 227 g/mol. The van der Waals surface area contributed by atoms with E-state index in [1.165, 1.54) is 12.8 Å². The van der Waals surface area contributed by atoms with Crippen molar-refractivity contribution in [1.82, 2.24) is 4.90 Å². The van der Waals surface area contributed by atoms with E-state index in [-0.39, 0.29) is 18.6 Å². The average Bonchev–Trinajstić information content (AvgIpc) is 2.65. The van der Waals surface area contributed by atoms with E-state index in [0.29, 0.717) is 12.3 Å². The van der Waals surface area contributed by atoms with Crippen LogP contribution in [-0.4, -0.2) is 35.1 Å². The van der Waals surface area contributed by atoms with Crippen molar-refractivity contribution < 1.29 is 9.90 Å². The number of hydrogen-bond acceptors (Lipinski definition) is 2.